The number of ether oxygens (including phenoxy) is 1. The van der Waals surface area contributed by atoms with Crippen LogP contribution in [0.15, 0.2) is 25.6 Å². The molecule has 0 atom stereocenters. The summed E-state index contributed by atoms with van der Waals surface area (Å²) in [6.07, 6.45) is 2.31. The Labute approximate surface area is 128 Å². The molecule has 96 valence electrons. The Hall–Kier alpha value is 0.420. The van der Waals surface area contributed by atoms with Crippen LogP contribution in [-0.4, -0.2) is 19.8 Å². The first-order chi connectivity index (χ1) is 8.15. The summed E-state index contributed by atoms with van der Waals surface area (Å²) in [6, 6.07) is 4.04. The van der Waals surface area contributed by atoms with Gasteiger partial charge in [0.2, 0.25) is 0 Å². The third-order valence-corrected chi connectivity index (χ3v) is 3.91. The summed E-state index contributed by atoms with van der Waals surface area (Å²) < 4.78 is 8.61. The third kappa shape index (κ3) is 5.73. The van der Waals surface area contributed by atoms with E-state index in [2.05, 4.69) is 60.0 Å². The first-order valence-corrected chi connectivity index (χ1v) is 7.99. The van der Waals surface area contributed by atoms with Gasteiger partial charge < -0.3 is 10.1 Å². The van der Waals surface area contributed by atoms with E-state index in [0.29, 0.717) is 0 Å². The summed E-state index contributed by atoms with van der Waals surface area (Å²) in [5, 5.41) is 3.35. The summed E-state index contributed by atoms with van der Waals surface area (Å²) >= 11 is 10.5. The largest absolute Gasteiger partial charge is 0.381 e. The Morgan fingerprint density at radius 1 is 1.12 bits per heavy atom. The van der Waals surface area contributed by atoms with Crippen molar-refractivity contribution < 1.29 is 4.74 Å². The number of benzene rings is 1. The highest BCUT2D eigenvalue weighted by atomic mass is 79.9. The van der Waals surface area contributed by atoms with Gasteiger partial charge in [-0.05, 0) is 50.4 Å². The topological polar surface area (TPSA) is 21.3 Å². The third-order valence-electron chi connectivity index (χ3n) is 2.20. The van der Waals surface area contributed by atoms with E-state index in [1.807, 2.05) is 12.1 Å². The minimum absolute atomic E-state index is 0.731. The van der Waals surface area contributed by atoms with E-state index in [1.54, 1.807) is 0 Å². The highest BCUT2D eigenvalue weighted by Gasteiger charge is 2.05. The molecular formula is C12H16Br3NO. The van der Waals surface area contributed by atoms with Gasteiger partial charge in [0, 0.05) is 26.6 Å². The molecule has 0 fully saturated rings. The second-order valence-corrected chi connectivity index (χ2v) is 6.26. The monoisotopic (exact) mass is 427 g/mol. The SMILES string of the molecule is CCCCOCCNc1c(Br)cc(Br)cc1Br. The van der Waals surface area contributed by atoms with Gasteiger partial charge in [-0.2, -0.15) is 0 Å². The van der Waals surface area contributed by atoms with E-state index in [-0.39, 0.29) is 0 Å². The fraction of sp³-hybridized carbons (Fsp3) is 0.500. The molecule has 0 spiro atoms. The van der Waals surface area contributed by atoms with Gasteiger partial charge in [-0.1, -0.05) is 29.3 Å². The van der Waals surface area contributed by atoms with Gasteiger partial charge in [0.1, 0.15) is 0 Å². The lowest BCUT2D eigenvalue weighted by Gasteiger charge is -2.11. The van der Waals surface area contributed by atoms with Crippen LogP contribution in [0.5, 0.6) is 0 Å². The Morgan fingerprint density at radius 3 is 2.35 bits per heavy atom. The van der Waals surface area contributed by atoms with Crippen LogP contribution in [0, 0.1) is 0 Å². The van der Waals surface area contributed by atoms with Gasteiger partial charge >= 0.3 is 0 Å². The molecule has 0 unspecified atom stereocenters. The molecule has 0 bridgehead atoms. The van der Waals surface area contributed by atoms with Crippen molar-refractivity contribution in [2.24, 2.45) is 0 Å². The number of anilines is 1. The first kappa shape index (κ1) is 15.5. The summed E-state index contributed by atoms with van der Waals surface area (Å²) in [5.74, 6) is 0. The zero-order chi connectivity index (χ0) is 12.7. The van der Waals surface area contributed by atoms with Crippen molar-refractivity contribution >= 4 is 53.5 Å². The maximum atomic E-state index is 5.50. The highest BCUT2D eigenvalue weighted by Crippen LogP contribution is 2.34. The van der Waals surface area contributed by atoms with Crippen molar-refractivity contribution in [3.05, 3.63) is 25.6 Å². The molecule has 2 nitrogen and oxygen atoms in total. The van der Waals surface area contributed by atoms with E-state index >= 15 is 0 Å². The van der Waals surface area contributed by atoms with Crippen LogP contribution in [0.2, 0.25) is 0 Å². The average molecular weight is 430 g/mol. The second-order valence-electron chi connectivity index (χ2n) is 3.64. The van der Waals surface area contributed by atoms with Gasteiger partial charge in [0.05, 0.1) is 12.3 Å². The molecule has 1 N–H and O–H groups in total. The number of hydrogen-bond donors (Lipinski definition) is 1. The van der Waals surface area contributed by atoms with Crippen molar-refractivity contribution in [1.82, 2.24) is 0 Å². The molecule has 0 saturated carbocycles. The summed E-state index contributed by atoms with van der Waals surface area (Å²) in [4.78, 5) is 0. The van der Waals surface area contributed by atoms with E-state index in [0.717, 1.165) is 45.3 Å². The van der Waals surface area contributed by atoms with Crippen LogP contribution in [0.25, 0.3) is 0 Å². The summed E-state index contributed by atoms with van der Waals surface area (Å²) in [5.41, 5.74) is 1.06. The number of rotatable bonds is 7. The van der Waals surface area contributed by atoms with Gasteiger partial charge in [0.15, 0.2) is 0 Å². The van der Waals surface area contributed by atoms with Crippen LogP contribution in [-0.2, 0) is 4.74 Å². The normalized spacial score (nSPS) is 10.6. The van der Waals surface area contributed by atoms with Crippen molar-refractivity contribution in [2.45, 2.75) is 19.8 Å². The Bertz CT molecular complexity index is 335. The van der Waals surface area contributed by atoms with Crippen LogP contribution in [0.4, 0.5) is 5.69 Å². The number of unbranched alkanes of at least 4 members (excludes halogenated alkanes) is 1. The lowest BCUT2D eigenvalue weighted by Crippen LogP contribution is -2.10. The number of nitrogens with one attached hydrogen (secondary N) is 1. The van der Waals surface area contributed by atoms with E-state index < -0.39 is 0 Å². The van der Waals surface area contributed by atoms with E-state index in [4.69, 9.17) is 4.74 Å². The van der Waals surface area contributed by atoms with Gasteiger partial charge in [-0.15, -0.1) is 0 Å². The lowest BCUT2D eigenvalue weighted by molar-refractivity contribution is 0.141. The van der Waals surface area contributed by atoms with Crippen molar-refractivity contribution in [2.75, 3.05) is 25.1 Å². The van der Waals surface area contributed by atoms with Crippen LogP contribution < -0.4 is 5.32 Å². The maximum absolute atomic E-state index is 5.50. The predicted molar refractivity (Wildman–Crippen MR) is 83.8 cm³/mol. The lowest BCUT2D eigenvalue weighted by atomic mass is 10.3. The molecule has 1 aromatic carbocycles. The van der Waals surface area contributed by atoms with E-state index in [9.17, 15) is 0 Å². The molecule has 0 heterocycles. The fourth-order valence-corrected chi connectivity index (χ4v) is 3.85. The molecule has 0 aliphatic rings. The molecule has 0 aromatic heterocycles. The second kappa shape index (κ2) is 8.51. The highest BCUT2D eigenvalue weighted by molar-refractivity contribution is 9.11. The first-order valence-electron chi connectivity index (χ1n) is 5.61. The Morgan fingerprint density at radius 2 is 1.76 bits per heavy atom. The van der Waals surface area contributed by atoms with Crippen LogP contribution in [0.3, 0.4) is 0 Å². The molecule has 0 saturated heterocycles. The summed E-state index contributed by atoms with van der Waals surface area (Å²) in [6.45, 7) is 4.55. The molecule has 1 rings (SSSR count). The minimum Gasteiger partial charge on any atom is -0.381 e. The summed E-state index contributed by atoms with van der Waals surface area (Å²) in [7, 11) is 0. The van der Waals surface area contributed by atoms with Gasteiger partial charge in [-0.3, -0.25) is 0 Å². The molecule has 0 radical (unpaired) electrons. The van der Waals surface area contributed by atoms with Crippen LogP contribution >= 0.6 is 47.8 Å². The fourth-order valence-electron chi connectivity index (χ4n) is 1.31. The quantitative estimate of drug-likeness (QED) is 0.601. The van der Waals surface area contributed by atoms with E-state index in [1.165, 1.54) is 6.42 Å². The molecule has 17 heavy (non-hydrogen) atoms. The number of halogens is 3. The number of hydrogen-bond acceptors (Lipinski definition) is 2. The smallest absolute Gasteiger partial charge is 0.0639 e. The zero-order valence-corrected chi connectivity index (χ0v) is 14.5. The minimum atomic E-state index is 0.731. The molecule has 0 amide bonds. The van der Waals surface area contributed by atoms with Gasteiger partial charge in [0.25, 0.3) is 0 Å². The molecule has 0 aliphatic carbocycles. The van der Waals surface area contributed by atoms with Gasteiger partial charge in [-0.25, -0.2) is 0 Å². The standard InChI is InChI=1S/C12H16Br3NO/c1-2-3-5-17-6-4-16-12-10(14)7-9(13)8-11(12)15/h7-8,16H,2-6H2,1H3. The van der Waals surface area contributed by atoms with Crippen molar-refractivity contribution in [3.8, 4) is 0 Å². The molecule has 1 aromatic rings. The van der Waals surface area contributed by atoms with Crippen LogP contribution in [0.1, 0.15) is 19.8 Å². The predicted octanol–water partition coefficient (Wildman–Crippen LogP) is 5.20. The average Bonchev–Trinajstić information content (AvgIpc) is 2.26. The Kier molecular flexibility index (Phi) is 7.75. The molecule has 0 aliphatic heterocycles. The maximum Gasteiger partial charge on any atom is 0.0639 e. The Balaban J connectivity index is 2.36. The van der Waals surface area contributed by atoms with Crippen molar-refractivity contribution in [1.29, 1.82) is 0 Å². The molecular weight excluding hydrogens is 414 g/mol. The van der Waals surface area contributed by atoms with Crippen molar-refractivity contribution in [3.63, 3.8) is 0 Å². The zero-order valence-electron chi connectivity index (χ0n) is 9.73. The molecule has 5 heteroatoms.